The highest BCUT2D eigenvalue weighted by atomic mass is 79.9. The van der Waals surface area contributed by atoms with Gasteiger partial charge in [-0.2, -0.15) is 10.1 Å². The summed E-state index contributed by atoms with van der Waals surface area (Å²) < 4.78 is 0.782. The highest BCUT2D eigenvalue weighted by molar-refractivity contribution is 9.10. The number of benzene rings is 1. The van der Waals surface area contributed by atoms with Gasteiger partial charge in [-0.15, -0.1) is 0 Å². The van der Waals surface area contributed by atoms with E-state index in [4.69, 9.17) is 17.2 Å². The number of aliphatic imine (C=N–C) groups is 2. The lowest BCUT2D eigenvalue weighted by molar-refractivity contribution is 1.10. The maximum absolute atomic E-state index is 5.53. The van der Waals surface area contributed by atoms with Crippen molar-refractivity contribution in [2.75, 3.05) is 0 Å². The lowest BCUT2D eigenvalue weighted by atomic mass is 10.2. The van der Waals surface area contributed by atoms with E-state index in [2.05, 4.69) is 36.1 Å². The van der Waals surface area contributed by atoms with Crippen LogP contribution in [0.1, 0.15) is 0 Å². The number of guanidine groups is 2. The molecule has 0 aliphatic rings. The van der Waals surface area contributed by atoms with Crippen LogP contribution in [-0.2, 0) is 0 Å². The standard InChI is InChI=1S/C9H10BrN7/c10-7-5-3-4(1-2-6(5)16-17-7)14-9(13)15-8(11)12/h1-3H,(H,16,17)(H6,11,12,13,14,15). The van der Waals surface area contributed by atoms with Gasteiger partial charge in [0.15, 0.2) is 5.96 Å². The van der Waals surface area contributed by atoms with Crippen LogP contribution in [-0.4, -0.2) is 22.1 Å². The largest absolute Gasteiger partial charge is 0.370 e. The molecule has 8 heteroatoms. The molecule has 7 nitrogen and oxygen atoms in total. The van der Waals surface area contributed by atoms with Crippen molar-refractivity contribution in [3.63, 3.8) is 0 Å². The van der Waals surface area contributed by atoms with E-state index in [1.165, 1.54) is 0 Å². The summed E-state index contributed by atoms with van der Waals surface area (Å²) in [6.07, 6.45) is 0. The number of rotatable bonds is 1. The van der Waals surface area contributed by atoms with Crippen molar-refractivity contribution < 1.29 is 0 Å². The molecule has 0 bridgehead atoms. The molecular weight excluding hydrogens is 286 g/mol. The van der Waals surface area contributed by atoms with Crippen molar-refractivity contribution in [1.82, 2.24) is 10.2 Å². The van der Waals surface area contributed by atoms with Crippen LogP contribution in [0.4, 0.5) is 5.69 Å². The van der Waals surface area contributed by atoms with Gasteiger partial charge in [-0.25, -0.2) is 4.99 Å². The molecule has 0 amide bonds. The third-order valence-corrected chi connectivity index (χ3v) is 2.58. The maximum atomic E-state index is 5.53. The lowest BCUT2D eigenvalue weighted by Gasteiger charge is -1.96. The molecule has 0 aliphatic carbocycles. The Kier molecular flexibility index (Phi) is 2.96. The molecule has 17 heavy (non-hydrogen) atoms. The molecule has 1 aromatic heterocycles. The molecule has 2 aromatic rings. The van der Waals surface area contributed by atoms with Gasteiger partial charge < -0.3 is 17.2 Å². The molecule has 0 unspecified atom stereocenters. The highest BCUT2D eigenvalue weighted by Gasteiger charge is 2.03. The molecule has 0 saturated heterocycles. The molecular formula is C9H10BrN7. The van der Waals surface area contributed by atoms with Gasteiger partial charge in [0, 0.05) is 5.39 Å². The second-order valence-electron chi connectivity index (χ2n) is 3.25. The molecule has 0 atom stereocenters. The monoisotopic (exact) mass is 295 g/mol. The molecule has 0 saturated carbocycles. The van der Waals surface area contributed by atoms with Crippen LogP contribution in [0.5, 0.6) is 0 Å². The Morgan fingerprint density at radius 2 is 2.06 bits per heavy atom. The summed E-state index contributed by atoms with van der Waals surface area (Å²) in [5, 5.41) is 7.78. The molecule has 2 rings (SSSR count). The predicted molar refractivity (Wildman–Crippen MR) is 70.9 cm³/mol. The summed E-state index contributed by atoms with van der Waals surface area (Å²) in [4.78, 5) is 7.68. The minimum atomic E-state index is -0.128. The van der Waals surface area contributed by atoms with E-state index in [9.17, 15) is 0 Å². The van der Waals surface area contributed by atoms with Crippen molar-refractivity contribution in [2.24, 2.45) is 27.2 Å². The zero-order valence-electron chi connectivity index (χ0n) is 8.68. The van der Waals surface area contributed by atoms with Gasteiger partial charge in [0.25, 0.3) is 0 Å². The first-order chi connectivity index (χ1) is 8.06. The Balaban J connectivity index is 2.43. The Hall–Kier alpha value is -2.09. The number of H-pyrrole nitrogens is 1. The van der Waals surface area contributed by atoms with Crippen LogP contribution < -0.4 is 17.2 Å². The average Bonchev–Trinajstić information content (AvgIpc) is 2.59. The third kappa shape index (κ3) is 2.53. The van der Waals surface area contributed by atoms with Crippen LogP contribution in [0, 0.1) is 0 Å². The molecule has 1 heterocycles. The van der Waals surface area contributed by atoms with Crippen LogP contribution in [0.15, 0.2) is 32.8 Å². The number of aromatic nitrogens is 2. The van der Waals surface area contributed by atoms with Crippen LogP contribution in [0.25, 0.3) is 10.9 Å². The topological polar surface area (TPSA) is 131 Å². The fraction of sp³-hybridized carbons (Fsp3) is 0. The molecule has 7 N–H and O–H groups in total. The summed E-state index contributed by atoms with van der Waals surface area (Å²) in [5.41, 5.74) is 17.4. The Labute approximate surface area is 105 Å². The second kappa shape index (κ2) is 4.42. The molecule has 0 fully saturated rings. The third-order valence-electron chi connectivity index (χ3n) is 1.98. The van der Waals surface area contributed by atoms with Crippen molar-refractivity contribution >= 4 is 44.4 Å². The van der Waals surface area contributed by atoms with Crippen LogP contribution in [0.3, 0.4) is 0 Å². The number of fused-ring (bicyclic) bond motifs is 1. The number of nitrogens with one attached hydrogen (secondary N) is 1. The van der Waals surface area contributed by atoms with Gasteiger partial charge in [-0.1, -0.05) is 0 Å². The number of hydrogen-bond acceptors (Lipinski definition) is 2. The van der Waals surface area contributed by atoms with E-state index in [1.807, 2.05) is 12.1 Å². The normalized spacial score (nSPS) is 11.7. The Bertz CT molecular complexity index is 609. The first kappa shape index (κ1) is 11.4. The SMILES string of the molecule is NC(N)=NC(N)=Nc1ccc2n[nH]c(Br)c2c1. The van der Waals surface area contributed by atoms with E-state index in [0.717, 1.165) is 15.5 Å². The van der Waals surface area contributed by atoms with Gasteiger partial charge in [0.2, 0.25) is 5.96 Å². The van der Waals surface area contributed by atoms with Crippen molar-refractivity contribution in [2.45, 2.75) is 0 Å². The maximum Gasteiger partial charge on any atom is 0.223 e. The number of hydrogen-bond donors (Lipinski definition) is 4. The molecule has 1 aromatic carbocycles. The van der Waals surface area contributed by atoms with Crippen LogP contribution in [0.2, 0.25) is 0 Å². The number of nitrogens with zero attached hydrogens (tertiary/aromatic N) is 3. The first-order valence-corrected chi connectivity index (χ1v) is 5.43. The predicted octanol–water partition coefficient (Wildman–Crippen LogP) is 0.545. The minimum Gasteiger partial charge on any atom is -0.370 e. The van der Waals surface area contributed by atoms with Gasteiger partial charge >= 0.3 is 0 Å². The highest BCUT2D eigenvalue weighted by Crippen LogP contribution is 2.25. The van der Waals surface area contributed by atoms with Crippen molar-refractivity contribution in [1.29, 1.82) is 0 Å². The first-order valence-electron chi connectivity index (χ1n) is 4.63. The summed E-state index contributed by atoms with van der Waals surface area (Å²) in [6.45, 7) is 0. The van der Waals surface area contributed by atoms with Crippen LogP contribution >= 0.6 is 15.9 Å². The van der Waals surface area contributed by atoms with Gasteiger partial charge in [-0.05, 0) is 34.1 Å². The second-order valence-corrected chi connectivity index (χ2v) is 4.04. The van der Waals surface area contributed by atoms with E-state index < -0.39 is 0 Å². The summed E-state index contributed by atoms with van der Waals surface area (Å²) in [7, 11) is 0. The number of halogens is 1. The zero-order valence-corrected chi connectivity index (χ0v) is 10.3. The van der Waals surface area contributed by atoms with Crippen molar-refractivity contribution in [3.05, 3.63) is 22.8 Å². The molecule has 88 valence electrons. The number of aromatic amines is 1. The summed E-state index contributed by atoms with van der Waals surface area (Å²) in [5.74, 6) is -0.124. The fourth-order valence-electron chi connectivity index (χ4n) is 1.33. The van der Waals surface area contributed by atoms with E-state index in [-0.39, 0.29) is 11.9 Å². The van der Waals surface area contributed by atoms with Gasteiger partial charge in [0.1, 0.15) is 4.60 Å². The lowest BCUT2D eigenvalue weighted by Crippen LogP contribution is -2.26. The molecule has 0 spiro atoms. The number of nitrogens with two attached hydrogens (primary N) is 3. The summed E-state index contributed by atoms with van der Waals surface area (Å²) >= 11 is 3.34. The smallest absolute Gasteiger partial charge is 0.223 e. The van der Waals surface area contributed by atoms with Crippen molar-refractivity contribution in [3.8, 4) is 0 Å². The zero-order chi connectivity index (χ0) is 12.4. The van der Waals surface area contributed by atoms with E-state index in [0.29, 0.717) is 5.69 Å². The summed E-state index contributed by atoms with van der Waals surface area (Å²) in [6, 6.07) is 5.40. The van der Waals surface area contributed by atoms with Gasteiger partial charge in [0.05, 0.1) is 11.2 Å². The molecule has 0 aliphatic heterocycles. The quantitative estimate of drug-likeness (QED) is 0.452. The van der Waals surface area contributed by atoms with E-state index in [1.54, 1.807) is 6.07 Å². The average molecular weight is 296 g/mol. The minimum absolute atomic E-state index is 0.00367. The van der Waals surface area contributed by atoms with E-state index >= 15 is 0 Å². The van der Waals surface area contributed by atoms with Gasteiger partial charge in [-0.3, -0.25) is 5.10 Å². The molecule has 0 radical (unpaired) electrons. The fourth-order valence-corrected chi connectivity index (χ4v) is 1.73. The Morgan fingerprint density at radius 3 is 2.76 bits per heavy atom. The Morgan fingerprint density at radius 1 is 1.29 bits per heavy atom.